The van der Waals surface area contributed by atoms with Crippen LogP contribution in [0, 0.1) is 5.92 Å². The molecule has 0 spiro atoms. The summed E-state index contributed by atoms with van der Waals surface area (Å²) in [7, 11) is -3.99. The predicted molar refractivity (Wildman–Crippen MR) is 135 cm³/mol. The van der Waals surface area contributed by atoms with Crippen LogP contribution in [-0.2, 0) is 24.3 Å². The van der Waals surface area contributed by atoms with Crippen molar-refractivity contribution in [2.45, 2.75) is 24.8 Å². The quantitative estimate of drug-likeness (QED) is 0.341. The van der Waals surface area contributed by atoms with Crippen molar-refractivity contribution < 1.29 is 32.3 Å². The molecule has 0 unspecified atom stereocenters. The molecule has 1 aliphatic carbocycles. The first-order valence-electron chi connectivity index (χ1n) is 11.4. The lowest BCUT2D eigenvalue weighted by atomic mass is 9.84. The second kappa shape index (κ2) is 10.5. The maximum Gasteiger partial charge on any atom is 0.324 e. The van der Waals surface area contributed by atoms with Crippen molar-refractivity contribution in [1.29, 1.82) is 0 Å². The van der Waals surface area contributed by atoms with Gasteiger partial charge in [-0.25, -0.2) is 8.42 Å². The van der Waals surface area contributed by atoms with E-state index >= 15 is 0 Å². The molecule has 1 amide bonds. The number of ether oxygens (including phenoxy) is 1. The van der Waals surface area contributed by atoms with Gasteiger partial charge < -0.3 is 10.1 Å². The summed E-state index contributed by atoms with van der Waals surface area (Å²) < 4.78 is 32.7. The van der Waals surface area contributed by atoms with Crippen molar-refractivity contribution in [3.05, 3.63) is 95.1 Å². The Hall–Kier alpha value is -4.15. The van der Waals surface area contributed by atoms with Gasteiger partial charge in [-0.15, -0.1) is 0 Å². The number of nitrogens with one attached hydrogen (secondary N) is 2. The van der Waals surface area contributed by atoms with Crippen molar-refractivity contribution >= 4 is 39.2 Å². The molecule has 0 aliphatic heterocycles. The Morgan fingerprint density at radius 3 is 2.00 bits per heavy atom. The number of carbonyl (C=O) groups is 4. The number of hydrogen-bond acceptors (Lipinski definition) is 7. The number of carbonyl (C=O) groups excluding carboxylic acids is 4. The molecule has 4 rings (SSSR count). The number of hydrogen-bond donors (Lipinski definition) is 2. The van der Waals surface area contributed by atoms with Gasteiger partial charge in [-0.05, 0) is 36.2 Å². The second-order valence-electron chi connectivity index (χ2n) is 8.78. The van der Waals surface area contributed by atoms with E-state index < -0.39 is 40.5 Å². The maximum atomic E-state index is 12.9. The molecule has 3 aromatic rings. The van der Waals surface area contributed by atoms with Gasteiger partial charge in [0.1, 0.15) is 6.04 Å². The fourth-order valence-electron chi connectivity index (χ4n) is 3.89. The van der Waals surface area contributed by atoms with E-state index in [-0.39, 0.29) is 38.8 Å². The molecule has 0 aromatic heterocycles. The molecule has 0 radical (unpaired) electrons. The smallest absolute Gasteiger partial charge is 0.324 e. The number of benzene rings is 3. The molecule has 1 aliphatic rings. The number of sulfonamides is 1. The van der Waals surface area contributed by atoms with Crippen LogP contribution >= 0.6 is 0 Å². The summed E-state index contributed by atoms with van der Waals surface area (Å²) in [4.78, 5) is 50.7. The predicted octanol–water partition coefficient (Wildman–Crippen LogP) is 2.95. The fourth-order valence-corrected chi connectivity index (χ4v) is 5.25. The summed E-state index contributed by atoms with van der Waals surface area (Å²) in [6, 6.07) is 17.2. The first-order valence-corrected chi connectivity index (χ1v) is 12.9. The van der Waals surface area contributed by atoms with Crippen molar-refractivity contribution in [3.8, 4) is 0 Å². The minimum Gasteiger partial charge on any atom is -0.454 e. The first kappa shape index (κ1) is 25.9. The lowest BCUT2D eigenvalue weighted by Crippen LogP contribution is -2.45. The summed E-state index contributed by atoms with van der Waals surface area (Å²) in [6.45, 7) is 2.61. The van der Waals surface area contributed by atoms with Gasteiger partial charge in [0.05, 0.1) is 4.90 Å². The van der Waals surface area contributed by atoms with Crippen LogP contribution in [0.3, 0.4) is 0 Å². The summed E-state index contributed by atoms with van der Waals surface area (Å²) >= 11 is 0. The molecule has 0 heterocycles. The number of ketones is 2. The molecule has 3 aromatic carbocycles. The highest BCUT2D eigenvalue weighted by molar-refractivity contribution is 7.89. The Morgan fingerprint density at radius 1 is 0.811 bits per heavy atom. The van der Waals surface area contributed by atoms with Gasteiger partial charge in [0.2, 0.25) is 10.0 Å². The van der Waals surface area contributed by atoms with Gasteiger partial charge in [-0.3, -0.25) is 19.2 Å². The van der Waals surface area contributed by atoms with Gasteiger partial charge in [-0.1, -0.05) is 56.3 Å². The summed E-state index contributed by atoms with van der Waals surface area (Å²) in [6.07, 6.45) is 0. The van der Waals surface area contributed by atoms with Crippen LogP contribution in [0.1, 0.15) is 45.7 Å². The van der Waals surface area contributed by atoms with Crippen LogP contribution < -0.4 is 10.0 Å². The maximum absolute atomic E-state index is 12.9. The molecule has 0 saturated carbocycles. The van der Waals surface area contributed by atoms with E-state index in [9.17, 15) is 27.6 Å². The number of anilines is 1. The van der Waals surface area contributed by atoms with Crippen LogP contribution in [0.25, 0.3) is 0 Å². The van der Waals surface area contributed by atoms with Gasteiger partial charge in [0.25, 0.3) is 5.91 Å². The lowest BCUT2D eigenvalue weighted by Gasteiger charge is -2.21. The van der Waals surface area contributed by atoms with Crippen LogP contribution in [0.2, 0.25) is 0 Å². The lowest BCUT2D eigenvalue weighted by molar-refractivity contribution is -0.150. The SMILES string of the molecule is CC(C)[C@H](NS(=O)(=O)c1ccccc1)C(=O)OCC(=O)Nc1ccc2c(c1)C(=O)c1ccccc1C2=O. The molecular weight excluding hydrogens is 496 g/mol. The Bertz CT molecular complexity index is 1500. The third-order valence-electron chi connectivity index (χ3n) is 5.81. The molecular formula is C27H24N2O7S. The molecule has 9 nitrogen and oxygen atoms in total. The van der Waals surface area contributed by atoms with E-state index in [1.807, 2.05) is 0 Å². The molecule has 0 bridgehead atoms. The average molecular weight is 521 g/mol. The third-order valence-corrected chi connectivity index (χ3v) is 7.27. The Morgan fingerprint density at radius 2 is 1.38 bits per heavy atom. The molecule has 2 N–H and O–H groups in total. The molecule has 1 atom stereocenters. The molecule has 190 valence electrons. The van der Waals surface area contributed by atoms with Crippen LogP contribution in [-0.4, -0.2) is 44.5 Å². The largest absolute Gasteiger partial charge is 0.454 e. The molecule has 0 fully saturated rings. The number of rotatable bonds is 8. The van der Waals surface area contributed by atoms with E-state index in [4.69, 9.17) is 4.74 Å². The van der Waals surface area contributed by atoms with E-state index in [0.717, 1.165) is 0 Å². The number of amides is 1. The van der Waals surface area contributed by atoms with Crippen LogP contribution in [0.5, 0.6) is 0 Å². The highest BCUT2D eigenvalue weighted by atomic mass is 32.2. The van der Waals surface area contributed by atoms with Gasteiger partial charge in [0, 0.05) is 27.9 Å². The van der Waals surface area contributed by atoms with Crippen LogP contribution in [0.4, 0.5) is 5.69 Å². The molecule has 0 saturated heterocycles. The van der Waals surface area contributed by atoms with Crippen molar-refractivity contribution in [1.82, 2.24) is 4.72 Å². The van der Waals surface area contributed by atoms with Crippen molar-refractivity contribution in [2.24, 2.45) is 5.92 Å². The summed E-state index contributed by atoms with van der Waals surface area (Å²) in [5.74, 6) is -2.68. The van der Waals surface area contributed by atoms with Crippen LogP contribution in [0.15, 0.2) is 77.7 Å². The summed E-state index contributed by atoms with van der Waals surface area (Å²) in [5.41, 5.74) is 1.25. The zero-order valence-corrected chi connectivity index (χ0v) is 20.9. The van der Waals surface area contributed by atoms with E-state index in [0.29, 0.717) is 5.56 Å². The Labute approximate surface area is 213 Å². The molecule has 10 heteroatoms. The minimum absolute atomic E-state index is 0.00532. The zero-order valence-electron chi connectivity index (χ0n) is 20.1. The Kier molecular flexibility index (Phi) is 7.33. The number of esters is 1. The topological polar surface area (TPSA) is 136 Å². The zero-order chi connectivity index (χ0) is 26.7. The van der Waals surface area contributed by atoms with E-state index in [2.05, 4.69) is 10.0 Å². The molecule has 37 heavy (non-hydrogen) atoms. The summed E-state index contributed by atoms with van der Waals surface area (Å²) in [5, 5.41) is 2.53. The highest BCUT2D eigenvalue weighted by Crippen LogP contribution is 2.29. The fraction of sp³-hybridized carbons (Fsp3) is 0.185. The standard InChI is InChI=1S/C27H24N2O7S/c1-16(2)24(29-37(34,35)18-8-4-3-5-9-18)27(33)36-15-23(30)28-17-12-13-21-22(14-17)26(32)20-11-7-6-10-19(20)25(21)31/h3-14,16,24,29H,15H2,1-2H3,(H,28,30)/t24-/m0/s1. The van der Waals surface area contributed by atoms with Gasteiger partial charge in [0.15, 0.2) is 18.2 Å². The monoisotopic (exact) mass is 520 g/mol. The average Bonchev–Trinajstić information content (AvgIpc) is 2.89. The van der Waals surface area contributed by atoms with Crippen molar-refractivity contribution in [2.75, 3.05) is 11.9 Å². The van der Waals surface area contributed by atoms with Gasteiger partial charge in [-0.2, -0.15) is 4.72 Å². The third kappa shape index (κ3) is 5.50. The normalized spacial score (nSPS) is 13.5. The highest BCUT2D eigenvalue weighted by Gasteiger charge is 2.31. The van der Waals surface area contributed by atoms with Gasteiger partial charge >= 0.3 is 5.97 Å². The van der Waals surface area contributed by atoms with Crippen molar-refractivity contribution in [3.63, 3.8) is 0 Å². The minimum atomic E-state index is -3.99. The van der Waals surface area contributed by atoms with E-state index in [1.165, 1.54) is 30.3 Å². The number of fused-ring (bicyclic) bond motifs is 2. The van der Waals surface area contributed by atoms with E-state index in [1.54, 1.807) is 56.3 Å². The Balaban J connectivity index is 1.41. The second-order valence-corrected chi connectivity index (χ2v) is 10.5. The first-order chi connectivity index (χ1) is 17.6.